The summed E-state index contributed by atoms with van der Waals surface area (Å²) in [5.74, 6) is 0.542. The van der Waals surface area contributed by atoms with Gasteiger partial charge in [-0.3, -0.25) is 4.79 Å². The van der Waals surface area contributed by atoms with Crippen molar-refractivity contribution in [2.45, 2.75) is 56.7 Å². The molecule has 1 aromatic rings. The number of hydrogen-bond acceptors (Lipinski definition) is 7. The topological polar surface area (TPSA) is 114 Å². The third kappa shape index (κ3) is 4.79. The predicted octanol–water partition coefficient (Wildman–Crippen LogP) is 1.11. The van der Waals surface area contributed by atoms with E-state index in [9.17, 15) is 4.79 Å². The second-order valence-corrected chi connectivity index (χ2v) is 6.86. The molecule has 3 rings (SSSR count). The van der Waals surface area contributed by atoms with Gasteiger partial charge in [-0.1, -0.05) is 0 Å². The third-order valence-corrected chi connectivity index (χ3v) is 5.03. The molecule has 1 aromatic heterocycles. The molecule has 5 N–H and O–H groups in total. The Morgan fingerprint density at radius 2 is 2.04 bits per heavy atom. The number of aromatic nitrogens is 2. The van der Waals surface area contributed by atoms with E-state index >= 15 is 0 Å². The fourth-order valence-electron chi connectivity index (χ4n) is 3.54. The zero-order valence-electron chi connectivity index (χ0n) is 14.8. The number of amides is 1. The number of methoxy groups -OCH3 is 1. The van der Waals surface area contributed by atoms with Crippen LogP contribution in [0.15, 0.2) is 6.20 Å². The van der Waals surface area contributed by atoms with E-state index in [0.29, 0.717) is 29.5 Å². The summed E-state index contributed by atoms with van der Waals surface area (Å²) in [6, 6.07) is 0.571. The van der Waals surface area contributed by atoms with E-state index in [0.717, 1.165) is 51.6 Å². The van der Waals surface area contributed by atoms with Gasteiger partial charge in [0.1, 0.15) is 5.82 Å². The molecule has 8 nitrogen and oxygen atoms in total. The average molecular weight is 348 g/mol. The molecule has 138 valence electrons. The lowest BCUT2D eigenvalue weighted by Gasteiger charge is -2.28. The molecule has 1 saturated heterocycles. The first-order valence-corrected chi connectivity index (χ1v) is 9.09. The summed E-state index contributed by atoms with van der Waals surface area (Å²) in [6.45, 7) is 1.88. The van der Waals surface area contributed by atoms with Crippen LogP contribution in [0.25, 0.3) is 0 Å². The molecule has 2 fully saturated rings. The minimum Gasteiger partial charge on any atom is -0.381 e. The number of carbonyl (C=O) groups excluding carboxylic acids is 1. The average Bonchev–Trinajstić information content (AvgIpc) is 2.63. The number of anilines is 2. The first-order chi connectivity index (χ1) is 12.2. The van der Waals surface area contributed by atoms with Gasteiger partial charge in [0.2, 0.25) is 5.95 Å². The first kappa shape index (κ1) is 17.9. The van der Waals surface area contributed by atoms with Crippen molar-refractivity contribution >= 4 is 17.7 Å². The van der Waals surface area contributed by atoms with Crippen LogP contribution in [-0.2, 0) is 4.74 Å². The molecule has 1 aliphatic carbocycles. The minimum absolute atomic E-state index is 0.242. The molecule has 8 heteroatoms. The number of nitrogens with one attached hydrogen (secondary N) is 3. The lowest BCUT2D eigenvalue weighted by Crippen LogP contribution is -2.39. The van der Waals surface area contributed by atoms with Crippen LogP contribution in [0.2, 0.25) is 0 Å². The summed E-state index contributed by atoms with van der Waals surface area (Å²) in [6.07, 6.45) is 8.12. The number of nitrogens with zero attached hydrogens (tertiary/aromatic N) is 2. The second kappa shape index (κ2) is 8.44. The molecule has 1 aliphatic heterocycles. The number of rotatable bonds is 6. The lowest BCUT2D eigenvalue weighted by atomic mass is 9.93. The van der Waals surface area contributed by atoms with Crippen molar-refractivity contribution in [3.05, 3.63) is 11.8 Å². The van der Waals surface area contributed by atoms with Gasteiger partial charge in [-0.25, -0.2) is 4.98 Å². The van der Waals surface area contributed by atoms with Crippen molar-refractivity contribution in [1.82, 2.24) is 15.3 Å². The van der Waals surface area contributed by atoms with Gasteiger partial charge in [0.05, 0.1) is 11.7 Å². The van der Waals surface area contributed by atoms with E-state index in [1.165, 1.54) is 6.20 Å². The van der Waals surface area contributed by atoms with E-state index in [2.05, 4.69) is 25.9 Å². The molecule has 1 amide bonds. The standard InChI is InChI=1S/C17H28N6O2/c1-25-13-6-4-11(5-7-13)22-17-20-10-14(15(18)24)16(23-17)21-12-3-2-8-19-9-12/h10-13,19H,2-9H2,1H3,(H2,18,24)(H2,20,21,22,23)/t11-,12?,13-. The van der Waals surface area contributed by atoms with Crippen LogP contribution in [0, 0.1) is 0 Å². The van der Waals surface area contributed by atoms with Gasteiger partial charge in [0.25, 0.3) is 5.91 Å². The summed E-state index contributed by atoms with van der Waals surface area (Å²) in [4.78, 5) is 20.5. The Hall–Kier alpha value is -1.93. The predicted molar refractivity (Wildman–Crippen MR) is 96.7 cm³/mol. The molecule has 2 heterocycles. The van der Waals surface area contributed by atoms with Crippen LogP contribution in [0.4, 0.5) is 11.8 Å². The van der Waals surface area contributed by atoms with Crippen molar-refractivity contribution in [1.29, 1.82) is 0 Å². The van der Waals surface area contributed by atoms with Gasteiger partial charge in [0.15, 0.2) is 0 Å². The smallest absolute Gasteiger partial charge is 0.254 e. The van der Waals surface area contributed by atoms with Crippen LogP contribution in [0.5, 0.6) is 0 Å². The van der Waals surface area contributed by atoms with Crippen LogP contribution in [0.1, 0.15) is 48.9 Å². The van der Waals surface area contributed by atoms with Crippen LogP contribution in [0.3, 0.4) is 0 Å². The monoisotopic (exact) mass is 348 g/mol. The summed E-state index contributed by atoms with van der Waals surface area (Å²) >= 11 is 0. The van der Waals surface area contributed by atoms with Crippen molar-refractivity contribution in [3.8, 4) is 0 Å². The number of primary amides is 1. The van der Waals surface area contributed by atoms with Gasteiger partial charge < -0.3 is 26.4 Å². The van der Waals surface area contributed by atoms with Gasteiger partial charge in [0, 0.05) is 31.9 Å². The normalized spacial score (nSPS) is 26.8. The van der Waals surface area contributed by atoms with Gasteiger partial charge in [-0.2, -0.15) is 4.98 Å². The highest BCUT2D eigenvalue weighted by Crippen LogP contribution is 2.24. The highest BCUT2D eigenvalue weighted by molar-refractivity contribution is 5.97. The Morgan fingerprint density at radius 3 is 2.68 bits per heavy atom. The summed E-state index contributed by atoms with van der Waals surface area (Å²) in [7, 11) is 1.77. The fourth-order valence-corrected chi connectivity index (χ4v) is 3.54. The lowest BCUT2D eigenvalue weighted by molar-refractivity contribution is 0.0681. The second-order valence-electron chi connectivity index (χ2n) is 6.86. The summed E-state index contributed by atoms with van der Waals surface area (Å²) in [5, 5.41) is 10.1. The highest BCUT2D eigenvalue weighted by atomic mass is 16.5. The molecule has 1 atom stereocenters. The summed E-state index contributed by atoms with van der Waals surface area (Å²) in [5.41, 5.74) is 5.81. The molecule has 1 unspecified atom stereocenters. The zero-order valence-corrected chi connectivity index (χ0v) is 14.8. The Balaban J connectivity index is 1.68. The largest absolute Gasteiger partial charge is 0.381 e. The molecule has 2 aliphatic rings. The maximum absolute atomic E-state index is 11.7. The number of hydrogen-bond donors (Lipinski definition) is 4. The van der Waals surface area contributed by atoms with Gasteiger partial charge >= 0.3 is 0 Å². The van der Waals surface area contributed by atoms with Crippen molar-refractivity contribution < 1.29 is 9.53 Å². The van der Waals surface area contributed by atoms with E-state index in [4.69, 9.17) is 10.5 Å². The van der Waals surface area contributed by atoms with E-state index < -0.39 is 5.91 Å². The van der Waals surface area contributed by atoms with E-state index in [1.807, 2.05) is 0 Å². The minimum atomic E-state index is -0.515. The highest BCUT2D eigenvalue weighted by Gasteiger charge is 2.23. The Bertz CT molecular complexity index is 583. The Morgan fingerprint density at radius 1 is 1.24 bits per heavy atom. The number of piperidine rings is 1. The van der Waals surface area contributed by atoms with E-state index in [-0.39, 0.29) is 6.04 Å². The number of carbonyl (C=O) groups is 1. The van der Waals surface area contributed by atoms with Crippen molar-refractivity contribution in [2.24, 2.45) is 5.73 Å². The Kier molecular flexibility index (Phi) is 6.04. The number of ether oxygens (including phenoxy) is 1. The van der Waals surface area contributed by atoms with Gasteiger partial charge in [-0.15, -0.1) is 0 Å². The Labute approximate surface area is 148 Å². The quantitative estimate of drug-likeness (QED) is 0.609. The molecule has 0 spiro atoms. The maximum Gasteiger partial charge on any atom is 0.254 e. The molecule has 0 aromatic carbocycles. The zero-order chi connectivity index (χ0) is 17.6. The van der Waals surface area contributed by atoms with Crippen LogP contribution in [-0.4, -0.2) is 54.3 Å². The van der Waals surface area contributed by atoms with Crippen molar-refractivity contribution in [2.75, 3.05) is 30.8 Å². The molecular weight excluding hydrogens is 320 g/mol. The molecule has 1 saturated carbocycles. The van der Waals surface area contributed by atoms with Crippen molar-refractivity contribution in [3.63, 3.8) is 0 Å². The molecule has 25 heavy (non-hydrogen) atoms. The van der Waals surface area contributed by atoms with Gasteiger partial charge in [-0.05, 0) is 45.1 Å². The maximum atomic E-state index is 11.7. The fraction of sp³-hybridized carbons (Fsp3) is 0.706. The molecule has 0 bridgehead atoms. The molecule has 0 radical (unpaired) electrons. The van der Waals surface area contributed by atoms with Crippen LogP contribution < -0.4 is 21.7 Å². The first-order valence-electron chi connectivity index (χ1n) is 9.09. The SMILES string of the molecule is CO[C@H]1CC[C@H](Nc2ncc(C(N)=O)c(NC3CCCNC3)n2)CC1. The summed E-state index contributed by atoms with van der Waals surface area (Å²) < 4.78 is 5.41. The number of nitrogens with two attached hydrogens (primary N) is 1. The third-order valence-electron chi connectivity index (χ3n) is 5.03. The van der Waals surface area contributed by atoms with E-state index in [1.54, 1.807) is 7.11 Å². The molecular formula is C17H28N6O2. The van der Waals surface area contributed by atoms with Crippen LogP contribution >= 0.6 is 0 Å².